The van der Waals surface area contributed by atoms with Crippen LogP contribution in [-0.4, -0.2) is 9.97 Å². The van der Waals surface area contributed by atoms with E-state index in [0.29, 0.717) is 0 Å². The van der Waals surface area contributed by atoms with Crippen molar-refractivity contribution in [2.24, 2.45) is 0 Å². The molecule has 0 saturated heterocycles. The second kappa shape index (κ2) is 11.2. The Morgan fingerprint density at radius 2 is 0.878 bits per heavy atom. The zero-order chi connectivity index (χ0) is 32.3. The highest BCUT2D eigenvalue weighted by Crippen LogP contribution is 2.43. The molecule has 0 amide bonds. The Balaban J connectivity index is 1.19. The van der Waals surface area contributed by atoms with Gasteiger partial charge in [0.25, 0.3) is 0 Å². The fraction of sp³-hybridized carbons (Fsp3) is 0. The zero-order valence-corrected chi connectivity index (χ0v) is 27.3. The van der Waals surface area contributed by atoms with Gasteiger partial charge in [-0.25, -0.2) is 9.97 Å². The molecule has 0 spiro atoms. The maximum Gasteiger partial charge on any atom is 0.160 e. The van der Waals surface area contributed by atoms with Crippen molar-refractivity contribution in [3.8, 4) is 45.0 Å². The predicted molar refractivity (Wildman–Crippen MR) is 209 cm³/mol. The Bertz CT molecular complexity index is 2780. The van der Waals surface area contributed by atoms with Crippen LogP contribution in [0.1, 0.15) is 0 Å². The summed E-state index contributed by atoms with van der Waals surface area (Å²) in [6.07, 6.45) is 0. The van der Waals surface area contributed by atoms with Crippen LogP contribution < -0.4 is 0 Å². The van der Waals surface area contributed by atoms with Crippen molar-refractivity contribution in [1.29, 1.82) is 0 Å². The highest BCUT2D eigenvalue weighted by Gasteiger charge is 2.17. The smallest absolute Gasteiger partial charge is 0.160 e. The molecular weight excluding hydrogens is 613 g/mol. The van der Waals surface area contributed by atoms with Crippen LogP contribution in [0.3, 0.4) is 0 Å². The fourth-order valence-corrected chi connectivity index (χ4v) is 8.48. The molecule has 0 fully saturated rings. The molecule has 0 N–H and O–H groups in total. The fourth-order valence-electron chi connectivity index (χ4n) is 7.37. The summed E-state index contributed by atoms with van der Waals surface area (Å²) < 4.78 is 2.52. The lowest BCUT2D eigenvalue weighted by molar-refractivity contribution is 1.19. The zero-order valence-electron chi connectivity index (χ0n) is 26.5. The van der Waals surface area contributed by atoms with Gasteiger partial charge in [-0.05, 0) is 73.8 Å². The van der Waals surface area contributed by atoms with Gasteiger partial charge in [0.2, 0.25) is 0 Å². The summed E-state index contributed by atoms with van der Waals surface area (Å²) in [6.45, 7) is 0. The molecule has 0 radical (unpaired) electrons. The highest BCUT2D eigenvalue weighted by molar-refractivity contribution is 7.26. The third kappa shape index (κ3) is 4.62. The van der Waals surface area contributed by atoms with E-state index in [1.807, 2.05) is 35.6 Å². The molecule has 2 aromatic heterocycles. The Labute approximate surface area is 287 Å². The first-order valence-corrected chi connectivity index (χ1v) is 17.4. The maximum atomic E-state index is 5.20. The van der Waals surface area contributed by atoms with E-state index in [4.69, 9.17) is 9.97 Å². The largest absolute Gasteiger partial charge is 0.228 e. The maximum absolute atomic E-state index is 5.20. The Kier molecular flexibility index (Phi) is 6.39. The van der Waals surface area contributed by atoms with Gasteiger partial charge in [0.15, 0.2) is 5.82 Å². The lowest BCUT2D eigenvalue weighted by Crippen LogP contribution is -1.96. The topological polar surface area (TPSA) is 25.8 Å². The first kappa shape index (κ1) is 27.9. The molecule has 0 bridgehead atoms. The van der Waals surface area contributed by atoms with Crippen LogP contribution in [0, 0.1) is 0 Å². The SMILES string of the molecule is c1ccc(-c2cc(-c3cccc4sc5ccc(-c6ccc7c8ccccc8c8ccccc8c7c6)cc5c34)nc(-c3ccccc3)n2)cc1. The summed E-state index contributed by atoms with van der Waals surface area (Å²) in [5.41, 5.74) is 7.45. The monoisotopic (exact) mass is 640 g/mol. The van der Waals surface area contributed by atoms with E-state index in [9.17, 15) is 0 Å². The minimum absolute atomic E-state index is 0.727. The summed E-state index contributed by atoms with van der Waals surface area (Å²) in [4.78, 5) is 10.2. The third-order valence-electron chi connectivity index (χ3n) is 9.68. The number of benzene rings is 8. The summed E-state index contributed by atoms with van der Waals surface area (Å²) in [6, 6.07) is 60.8. The van der Waals surface area contributed by atoms with Crippen LogP contribution >= 0.6 is 11.3 Å². The molecule has 0 aliphatic rings. The molecule has 0 aliphatic heterocycles. The van der Waals surface area contributed by atoms with Gasteiger partial charge in [0.05, 0.1) is 11.4 Å². The average Bonchev–Trinajstić information content (AvgIpc) is 3.57. The highest BCUT2D eigenvalue weighted by atomic mass is 32.1. The third-order valence-corrected chi connectivity index (χ3v) is 10.8. The van der Waals surface area contributed by atoms with Gasteiger partial charge < -0.3 is 0 Å². The van der Waals surface area contributed by atoms with Crippen molar-refractivity contribution in [2.45, 2.75) is 0 Å². The molecule has 10 aromatic rings. The van der Waals surface area contributed by atoms with E-state index in [2.05, 4.69) is 146 Å². The summed E-state index contributed by atoms with van der Waals surface area (Å²) >= 11 is 1.84. The van der Waals surface area contributed by atoms with E-state index in [1.54, 1.807) is 0 Å². The first-order valence-electron chi connectivity index (χ1n) is 16.6. The van der Waals surface area contributed by atoms with E-state index < -0.39 is 0 Å². The number of hydrogen-bond donors (Lipinski definition) is 0. The standard InChI is InChI=1S/C46H28N2S/c1-3-12-29(13-4-1)41-28-42(48-46(47-41)30-14-5-2-6-15-30)38-20-11-21-44-45(38)40-27-32(23-25-43(40)49-44)31-22-24-37-35-18-8-7-16-33(35)34-17-9-10-19-36(34)39(37)26-31/h1-28H. The Morgan fingerprint density at radius 1 is 0.327 bits per heavy atom. The first-order chi connectivity index (χ1) is 24.3. The van der Waals surface area contributed by atoms with Crippen molar-refractivity contribution in [3.05, 3.63) is 170 Å². The summed E-state index contributed by atoms with van der Waals surface area (Å²) in [5.74, 6) is 0.727. The van der Waals surface area contributed by atoms with Crippen molar-refractivity contribution in [2.75, 3.05) is 0 Å². The van der Waals surface area contributed by atoms with Crippen molar-refractivity contribution >= 4 is 63.8 Å². The number of hydrogen-bond acceptors (Lipinski definition) is 3. The van der Waals surface area contributed by atoms with Gasteiger partial charge >= 0.3 is 0 Å². The molecule has 0 saturated carbocycles. The van der Waals surface area contributed by atoms with E-state index in [0.717, 1.165) is 33.9 Å². The normalized spacial score (nSPS) is 11.7. The number of nitrogens with zero attached hydrogens (tertiary/aromatic N) is 2. The second-order valence-electron chi connectivity index (χ2n) is 12.5. The molecule has 3 heteroatoms. The van der Waals surface area contributed by atoms with Gasteiger partial charge in [0.1, 0.15) is 0 Å². The van der Waals surface area contributed by atoms with E-state index in [1.165, 1.54) is 63.6 Å². The van der Waals surface area contributed by atoms with Crippen molar-refractivity contribution in [3.63, 3.8) is 0 Å². The van der Waals surface area contributed by atoms with Crippen LogP contribution in [0.25, 0.3) is 97.5 Å². The van der Waals surface area contributed by atoms with Crippen LogP contribution in [-0.2, 0) is 0 Å². The number of rotatable bonds is 4. The lowest BCUT2D eigenvalue weighted by Gasteiger charge is -2.12. The molecule has 2 nitrogen and oxygen atoms in total. The molecule has 0 aliphatic carbocycles. The molecule has 0 atom stereocenters. The van der Waals surface area contributed by atoms with Crippen LogP contribution in [0.5, 0.6) is 0 Å². The molecule has 2 heterocycles. The second-order valence-corrected chi connectivity index (χ2v) is 13.6. The number of aromatic nitrogens is 2. The Morgan fingerprint density at radius 3 is 1.57 bits per heavy atom. The van der Waals surface area contributed by atoms with Gasteiger partial charge in [-0.15, -0.1) is 11.3 Å². The van der Waals surface area contributed by atoms with Crippen LogP contribution in [0.4, 0.5) is 0 Å². The minimum Gasteiger partial charge on any atom is -0.228 e. The van der Waals surface area contributed by atoms with Crippen LogP contribution in [0.2, 0.25) is 0 Å². The van der Waals surface area contributed by atoms with Gasteiger partial charge in [0, 0.05) is 36.9 Å². The molecule has 49 heavy (non-hydrogen) atoms. The average molecular weight is 641 g/mol. The lowest BCUT2D eigenvalue weighted by atomic mass is 9.92. The summed E-state index contributed by atoms with van der Waals surface area (Å²) in [7, 11) is 0. The molecule has 228 valence electrons. The molecular formula is C46H28N2S. The van der Waals surface area contributed by atoms with E-state index in [-0.39, 0.29) is 0 Å². The molecule has 8 aromatic carbocycles. The van der Waals surface area contributed by atoms with Gasteiger partial charge in [-0.1, -0.05) is 140 Å². The molecule has 10 rings (SSSR count). The summed E-state index contributed by atoms with van der Waals surface area (Å²) in [5, 5.41) is 10.2. The molecule has 0 unspecified atom stereocenters. The quantitative estimate of drug-likeness (QED) is 0.179. The number of fused-ring (bicyclic) bond motifs is 9. The van der Waals surface area contributed by atoms with Crippen molar-refractivity contribution in [1.82, 2.24) is 9.97 Å². The van der Waals surface area contributed by atoms with E-state index >= 15 is 0 Å². The minimum atomic E-state index is 0.727. The van der Waals surface area contributed by atoms with Crippen LogP contribution in [0.15, 0.2) is 170 Å². The van der Waals surface area contributed by atoms with Gasteiger partial charge in [-0.3, -0.25) is 0 Å². The van der Waals surface area contributed by atoms with Gasteiger partial charge in [-0.2, -0.15) is 0 Å². The predicted octanol–water partition coefficient (Wildman–Crippen LogP) is 13.0. The number of thiophene rings is 1. The van der Waals surface area contributed by atoms with Crippen molar-refractivity contribution < 1.29 is 0 Å². The Hall–Kier alpha value is -6.16.